The highest BCUT2D eigenvalue weighted by atomic mass is 19.2. The number of nitrogens with one attached hydrogen (secondary N) is 1. The molecule has 2 fully saturated rings. The van der Waals surface area contributed by atoms with Gasteiger partial charge in [0.25, 0.3) is 0 Å². The maximum absolute atomic E-state index is 15.0. The first kappa shape index (κ1) is 21.8. The SMILES string of the molecule is CN(c1ccc(-c2c(O)cc(-c3cnn(C)c3)c(F)c2F)nn1)[C@@H]1C[C@]2(C)CC[C@](C)(C1)N2. The monoisotopic (exact) mass is 454 g/mol. The van der Waals surface area contributed by atoms with Crippen LogP contribution in [0.4, 0.5) is 14.6 Å². The van der Waals surface area contributed by atoms with Crippen LogP contribution in [0.2, 0.25) is 0 Å². The molecule has 0 radical (unpaired) electrons. The zero-order valence-corrected chi connectivity index (χ0v) is 19.2. The summed E-state index contributed by atoms with van der Waals surface area (Å²) in [7, 11) is 3.67. The zero-order chi connectivity index (χ0) is 23.5. The predicted molar refractivity (Wildman–Crippen MR) is 122 cm³/mol. The summed E-state index contributed by atoms with van der Waals surface area (Å²) >= 11 is 0. The average molecular weight is 455 g/mol. The molecule has 2 bridgehead atoms. The van der Waals surface area contributed by atoms with Crippen molar-refractivity contribution < 1.29 is 13.9 Å². The Morgan fingerprint density at radius 3 is 2.39 bits per heavy atom. The standard InChI is InChI=1S/C24H28F2N6O/c1-23-7-8-24(2,30-23)11-15(10-23)32(4)19-6-5-17(28-29-19)20-18(33)9-16(21(25)22(20)26)14-12-27-31(3)13-14/h5-6,9,12-13,15,30,33H,7-8,10-11H2,1-4H3/t15-,23+,24-. The fraction of sp³-hybridized carbons (Fsp3) is 0.458. The number of phenolic OH excluding ortho intramolecular Hbond substituents is 1. The Hall–Kier alpha value is -3.07. The lowest BCUT2D eigenvalue weighted by molar-refractivity contribution is 0.207. The van der Waals surface area contributed by atoms with E-state index in [-0.39, 0.29) is 27.9 Å². The first-order valence-electron chi connectivity index (χ1n) is 11.1. The van der Waals surface area contributed by atoms with E-state index in [9.17, 15) is 13.9 Å². The Balaban J connectivity index is 1.42. The molecule has 0 spiro atoms. The molecule has 0 unspecified atom stereocenters. The highest BCUT2D eigenvalue weighted by Gasteiger charge is 2.49. The van der Waals surface area contributed by atoms with Crippen molar-refractivity contribution in [3.8, 4) is 28.1 Å². The number of phenols is 1. The van der Waals surface area contributed by atoms with Gasteiger partial charge in [-0.2, -0.15) is 5.10 Å². The largest absolute Gasteiger partial charge is 0.507 e. The van der Waals surface area contributed by atoms with E-state index in [0.29, 0.717) is 17.4 Å². The van der Waals surface area contributed by atoms with E-state index in [1.807, 2.05) is 7.05 Å². The van der Waals surface area contributed by atoms with Gasteiger partial charge in [-0.25, -0.2) is 8.78 Å². The molecule has 2 aliphatic rings. The number of hydrogen-bond donors (Lipinski definition) is 2. The maximum atomic E-state index is 15.0. The number of anilines is 1. The number of piperidine rings is 1. The smallest absolute Gasteiger partial charge is 0.172 e. The summed E-state index contributed by atoms with van der Waals surface area (Å²) in [6, 6.07) is 4.80. The van der Waals surface area contributed by atoms with Gasteiger partial charge in [-0.3, -0.25) is 4.68 Å². The lowest BCUT2D eigenvalue weighted by Gasteiger charge is -2.45. The Morgan fingerprint density at radius 2 is 1.82 bits per heavy atom. The van der Waals surface area contributed by atoms with Crippen LogP contribution in [0.15, 0.2) is 30.6 Å². The van der Waals surface area contributed by atoms with E-state index >= 15 is 0 Å². The molecule has 7 nitrogen and oxygen atoms in total. The molecule has 3 aromatic rings. The Kier molecular flexibility index (Phi) is 4.93. The van der Waals surface area contributed by atoms with E-state index in [1.54, 1.807) is 25.4 Å². The third kappa shape index (κ3) is 3.74. The first-order valence-corrected chi connectivity index (χ1v) is 11.1. The molecule has 174 valence electrons. The highest BCUT2D eigenvalue weighted by molar-refractivity contribution is 5.75. The van der Waals surface area contributed by atoms with Crippen molar-refractivity contribution in [1.29, 1.82) is 0 Å². The molecule has 2 aliphatic heterocycles. The molecule has 5 rings (SSSR count). The molecule has 0 aliphatic carbocycles. The van der Waals surface area contributed by atoms with Gasteiger partial charge in [0.2, 0.25) is 0 Å². The number of hydrogen-bond acceptors (Lipinski definition) is 6. The topological polar surface area (TPSA) is 79.1 Å². The van der Waals surface area contributed by atoms with Crippen LogP contribution in [0.25, 0.3) is 22.4 Å². The van der Waals surface area contributed by atoms with Crippen molar-refractivity contribution in [2.45, 2.75) is 56.7 Å². The summed E-state index contributed by atoms with van der Waals surface area (Å²) in [5.74, 6) is -1.98. The van der Waals surface area contributed by atoms with Crippen LogP contribution in [-0.2, 0) is 7.05 Å². The summed E-state index contributed by atoms with van der Waals surface area (Å²) in [6.07, 6.45) is 7.26. The normalized spacial score (nSPS) is 26.5. The predicted octanol–water partition coefficient (Wildman–Crippen LogP) is 4.03. The third-order valence-electron chi connectivity index (χ3n) is 7.22. The zero-order valence-electron chi connectivity index (χ0n) is 19.2. The number of benzene rings is 1. The summed E-state index contributed by atoms with van der Waals surface area (Å²) in [4.78, 5) is 2.11. The fourth-order valence-corrected chi connectivity index (χ4v) is 5.56. The number of nitrogens with zero attached hydrogens (tertiary/aromatic N) is 5. The van der Waals surface area contributed by atoms with Gasteiger partial charge < -0.3 is 15.3 Å². The van der Waals surface area contributed by atoms with Crippen LogP contribution >= 0.6 is 0 Å². The molecule has 9 heteroatoms. The molecule has 1 aromatic carbocycles. The Bertz CT molecular complexity index is 1190. The minimum absolute atomic E-state index is 0.0614. The van der Waals surface area contributed by atoms with Crippen LogP contribution in [-0.4, -0.2) is 49.3 Å². The van der Waals surface area contributed by atoms with Gasteiger partial charge in [0.1, 0.15) is 5.75 Å². The molecule has 0 saturated carbocycles. The lowest BCUT2D eigenvalue weighted by atomic mass is 9.84. The lowest BCUT2D eigenvalue weighted by Crippen LogP contribution is -2.58. The number of aryl methyl sites for hydroxylation is 1. The summed E-state index contributed by atoms with van der Waals surface area (Å²) in [5, 5.41) is 26.7. The Morgan fingerprint density at radius 1 is 1.12 bits per heavy atom. The number of aromatic nitrogens is 4. The number of aromatic hydroxyl groups is 1. The molecule has 33 heavy (non-hydrogen) atoms. The quantitative estimate of drug-likeness (QED) is 0.620. The van der Waals surface area contributed by atoms with Crippen molar-refractivity contribution in [3.05, 3.63) is 42.2 Å². The molecule has 2 N–H and O–H groups in total. The second-order valence-corrected chi connectivity index (χ2v) is 10.0. The van der Waals surface area contributed by atoms with Crippen LogP contribution < -0.4 is 10.2 Å². The molecule has 0 amide bonds. The van der Waals surface area contributed by atoms with Crippen molar-refractivity contribution in [2.75, 3.05) is 11.9 Å². The third-order valence-corrected chi connectivity index (χ3v) is 7.22. The molecular weight excluding hydrogens is 426 g/mol. The molecule has 2 aromatic heterocycles. The van der Waals surface area contributed by atoms with E-state index in [0.717, 1.165) is 25.7 Å². The highest BCUT2D eigenvalue weighted by Crippen LogP contribution is 2.44. The first-order chi connectivity index (χ1) is 15.6. The van der Waals surface area contributed by atoms with Crippen molar-refractivity contribution in [3.63, 3.8) is 0 Å². The summed E-state index contributed by atoms with van der Waals surface area (Å²) < 4.78 is 31.3. The van der Waals surface area contributed by atoms with E-state index < -0.39 is 17.4 Å². The molecule has 3 atom stereocenters. The number of rotatable bonds is 4. The van der Waals surface area contributed by atoms with Gasteiger partial charge in [0.05, 0.1) is 17.5 Å². The Labute approximate surface area is 191 Å². The van der Waals surface area contributed by atoms with E-state index in [2.05, 4.69) is 39.4 Å². The second kappa shape index (κ2) is 7.48. The van der Waals surface area contributed by atoms with Gasteiger partial charge in [0, 0.05) is 48.5 Å². The average Bonchev–Trinajstić information content (AvgIpc) is 3.29. The maximum Gasteiger partial charge on any atom is 0.172 e. The van der Waals surface area contributed by atoms with Crippen molar-refractivity contribution >= 4 is 5.82 Å². The van der Waals surface area contributed by atoms with Gasteiger partial charge in [-0.1, -0.05) is 0 Å². The van der Waals surface area contributed by atoms with E-state index in [1.165, 1.54) is 16.9 Å². The number of fused-ring (bicyclic) bond motifs is 2. The van der Waals surface area contributed by atoms with Crippen LogP contribution in [0, 0.1) is 11.6 Å². The minimum Gasteiger partial charge on any atom is -0.507 e. The van der Waals surface area contributed by atoms with Crippen LogP contribution in [0.3, 0.4) is 0 Å². The van der Waals surface area contributed by atoms with Gasteiger partial charge >= 0.3 is 0 Å². The van der Waals surface area contributed by atoms with Gasteiger partial charge in [0.15, 0.2) is 17.5 Å². The van der Waals surface area contributed by atoms with E-state index in [4.69, 9.17) is 0 Å². The number of halogens is 2. The fourth-order valence-electron chi connectivity index (χ4n) is 5.56. The molecule has 2 saturated heterocycles. The second-order valence-electron chi connectivity index (χ2n) is 10.0. The van der Waals surface area contributed by atoms with Crippen LogP contribution in [0.5, 0.6) is 5.75 Å². The van der Waals surface area contributed by atoms with Crippen LogP contribution in [0.1, 0.15) is 39.5 Å². The summed E-state index contributed by atoms with van der Waals surface area (Å²) in [5.41, 5.74) is 0.305. The minimum atomic E-state index is -1.17. The molecular formula is C24H28F2N6O. The van der Waals surface area contributed by atoms with Crippen molar-refractivity contribution in [1.82, 2.24) is 25.3 Å². The molecule has 4 heterocycles. The summed E-state index contributed by atoms with van der Waals surface area (Å²) in [6.45, 7) is 4.53. The van der Waals surface area contributed by atoms with Gasteiger partial charge in [-0.05, 0) is 57.7 Å². The van der Waals surface area contributed by atoms with Gasteiger partial charge in [-0.15, -0.1) is 10.2 Å². The van der Waals surface area contributed by atoms with Crippen molar-refractivity contribution in [2.24, 2.45) is 7.05 Å².